The second-order valence-corrected chi connectivity index (χ2v) is 3.62. The van der Waals surface area contributed by atoms with Crippen molar-refractivity contribution >= 4 is 0 Å². The molecule has 1 saturated carbocycles. The maximum absolute atomic E-state index is 5.76. The van der Waals surface area contributed by atoms with Gasteiger partial charge in [0.1, 0.15) is 11.5 Å². The predicted octanol–water partition coefficient (Wildman–Crippen LogP) is 2.82. The molecule has 0 aliphatic heterocycles. The molecule has 1 radical (unpaired) electrons. The molecule has 0 unspecified atom stereocenters. The number of methoxy groups -OCH3 is 1. The molecule has 75 valence electrons. The maximum Gasteiger partial charge on any atom is 0.127 e. The third-order valence-electron chi connectivity index (χ3n) is 2.59. The van der Waals surface area contributed by atoms with Gasteiger partial charge >= 0.3 is 0 Å². The Morgan fingerprint density at radius 1 is 1.29 bits per heavy atom. The first kappa shape index (κ1) is 9.38. The fourth-order valence-electron chi connectivity index (χ4n) is 1.78. The van der Waals surface area contributed by atoms with Crippen LogP contribution in [0.2, 0.25) is 0 Å². The molecular formula is C12H15O2. The van der Waals surface area contributed by atoms with E-state index >= 15 is 0 Å². The van der Waals surface area contributed by atoms with Gasteiger partial charge in [-0.15, -0.1) is 0 Å². The van der Waals surface area contributed by atoms with Crippen LogP contribution in [0.15, 0.2) is 18.2 Å². The molecule has 0 atom stereocenters. The molecule has 1 aromatic rings. The summed E-state index contributed by atoms with van der Waals surface area (Å²) in [6, 6.07) is 8.69. The largest absolute Gasteiger partial charge is 0.497 e. The van der Waals surface area contributed by atoms with Crippen molar-refractivity contribution in [2.24, 2.45) is 0 Å². The average Bonchev–Trinajstić information content (AvgIpc) is 2.72. The van der Waals surface area contributed by atoms with Crippen molar-refractivity contribution in [3.8, 4) is 11.5 Å². The van der Waals surface area contributed by atoms with Crippen LogP contribution in [0, 0.1) is 6.07 Å². The zero-order valence-corrected chi connectivity index (χ0v) is 8.45. The van der Waals surface area contributed by atoms with Crippen LogP contribution in [0.3, 0.4) is 0 Å². The van der Waals surface area contributed by atoms with E-state index in [1.165, 1.54) is 25.7 Å². The van der Waals surface area contributed by atoms with Crippen LogP contribution in [-0.2, 0) is 0 Å². The van der Waals surface area contributed by atoms with E-state index in [1.54, 1.807) is 7.11 Å². The monoisotopic (exact) mass is 191 g/mol. The van der Waals surface area contributed by atoms with Gasteiger partial charge < -0.3 is 9.47 Å². The standard InChI is InChI=1S/C12H15O2/c1-13-10-6-8-12(9-7-10)14-11-4-2-3-5-11/h6-8,11H,2-5H2,1H3. The summed E-state index contributed by atoms with van der Waals surface area (Å²) in [6.45, 7) is 0. The lowest BCUT2D eigenvalue weighted by Crippen LogP contribution is -2.10. The number of benzene rings is 1. The van der Waals surface area contributed by atoms with E-state index in [0.29, 0.717) is 6.10 Å². The molecular weight excluding hydrogens is 176 g/mol. The molecule has 0 saturated heterocycles. The highest BCUT2D eigenvalue weighted by Crippen LogP contribution is 2.24. The van der Waals surface area contributed by atoms with Crippen LogP contribution in [-0.4, -0.2) is 13.2 Å². The van der Waals surface area contributed by atoms with Gasteiger partial charge in [0.15, 0.2) is 0 Å². The minimum absolute atomic E-state index is 0.402. The smallest absolute Gasteiger partial charge is 0.127 e. The second-order valence-electron chi connectivity index (χ2n) is 3.62. The molecule has 2 rings (SSSR count). The molecule has 0 amide bonds. The number of hydrogen-bond donors (Lipinski definition) is 0. The van der Waals surface area contributed by atoms with Crippen LogP contribution in [0.5, 0.6) is 11.5 Å². The van der Waals surface area contributed by atoms with E-state index in [2.05, 4.69) is 6.07 Å². The van der Waals surface area contributed by atoms with Gasteiger partial charge in [0.2, 0.25) is 0 Å². The van der Waals surface area contributed by atoms with Crippen molar-refractivity contribution in [3.05, 3.63) is 24.3 Å². The van der Waals surface area contributed by atoms with Gasteiger partial charge in [0, 0.05) is 6.07 Å². The first-order valence-electron chi connectivity index (χ1n) is 5.11. The molecule has 14 heavy (non-hydrogen) atoms. The van der Waals surface area contributed by atoms with Gasteiger partial charge in [0.05, 0.1) is 13.2 Å². The summed E-state index contributed by atoms with van der Waals surface area (Å²) in [7, 11) is 1.65. The van der Waals surface area contributed by atoms with Crippen molar-refractivity contribution in [2.75, 3.05) is 7.11 Å². The summed E-state index contributed by atoms with van der Waals surface area (Å²) in [5.74, 6) is 1.65. The molecule has 1 aliphatic rings. The van der Waals surface area contributed by atoms with Crippen molar-refractivity contribution in [1.82, 2.24) is 0 Å². The molecule has 1 aromatic carbocycles. The van der Waals surface area contributed by atoms with E-state index in [4.69, 9.17) is 9.47 Å². The van der Waals surface area contributed by atoms with Gasteiger partial charge in [-0.25, -0.2) is 0 Å². The molecule has 0 bridgehead atoms. The number of ether oxygens (including phenoxy) is 2. The van der Waals surface area contributed by atoms with E-state index in [1.807, 2.05) is 18.2 Å². The minimum atomic E-state index is 0.402. The fraction of sp³-hybridized carbons (Fsp3) is 0.500. The topological polar surface area (TPSA) is 18.5 Å². The van der Waals surface area contributed by atoms with Crippen LogP contribution in [0.25, 0.3) is 0 Å². The summed E-state index contributed by atoms with van der Waals surface area (Å²) in [5, 5.41) is 0. The lowest BCUT2D eigenvalue weighted by molar-refractivity contribution is 0.209. The van der Waals surface area contributed by atoms with Crippen molar-refractivity contribution < 1.29 is 9.47 Å². The quantitative estimate of drug-likeness (QED) is 0.731. The zero-order valence-electron chi connectivity index (χ0n) is 8.45. The normalized spacial score (nSPS) is 16.9. The van der Waals surface area contributed by atoms with E-state index in [-0.39, 0.29) is 0 Å². The Morgan fingerprint density at radius 2 is 2.07 bits per heavy atom. The molecule has 0 spiro atoms. The van der Waals surface area contributed by atoms with Crippen molar-refractivity contribution in [1.29, 1.82) is 0 Å². The van der Waals surface area contributed by atoms with E-state index < -0.39 is 0 Å². The summed E-state index contributed by atoms with van der Waals surface area (Å²) >= 11 is 0. The number of rotatable bonds is 3. The summed E-state index contributed by atoms with van der Waals surface area (Å²) in [4.78, 5) is 0. The highest BCUT2D eigenvalue weighted by molar-refractivity contribution is 5.30. The van der Waals surface area contributed by atoms with E-state index in [0.717, 1.165) is 11.5 Å². The Morgan fingerprint density at radius 3 is 2.64 bits per heavy atom. The first-order chi connectivity index (χ1) is 6.88. The molecule has 0 aromatic heterocycles. The summed E-state index contributed by atoms with van der Waals surface area (Å²) in [6.07, 6.45) is 5.35. The molecule has 2 nitrogen and oxygen atoms in total. The van der Waals surface area contributed by atoms with Crippen LogP contribution < -0.4 is 9.47 Å². The van der Waals surface area contributed by atoms with Gasteiger partial charge in [-0.3, -0.25) is 0 Å². The molecule has 1 fully saturated rings. The third-order valence-corrected chi connectivity index (χ3v) is 2.59. The predicted molar refractivity (Wildman–Crippen MR) is 54.7 cm³/mol. The Balaban J connectivity index is 1.95. The third kappa shape index (κ3) is 2.19. The fourth-order valence-corrected chi connectivity index (χ4v) is 1.78. The summed E-state index contributed by atoms with van der Waals surface area (Å²) in [5.41, 5.74) is 0. The lowest BCUT2D eigenvalue weighted by Gasteiger charge is -2.12. The molecule has 1 aliphatic carbocycles. The van der Waals surface area contributed by atoms with Crippen molar-refractivity contribution in [3.63, 3.8) is 0 Å². The zero-order chi connectivity index (χ0) is 9.80. The Labute approximate surface area is 84.8 Å². The second kappa shape index (κ2) is 4.36. The molecule has 2 heteroatoms. The van der Waals surface area contributed by atoms with Crippen LogP contribution >= 0.6 is 0 Å². The highest BCUT2D eigenvalue weighted by Gasteiger charge is 2.16. The number of hydrogen-bond acceptors (Lipinski definition) is 2. The average molecular weight is 191 g/mol. The molecule has 0 N–H and O–H groups in total. The van der Waals surface area contributed by atoms with Crippen LogP contribution in [0.1, 0.15) is 25.7 Å². The van der Waals surface area contributed by atoms with Gasteiger partial charge in [-0.2, -0.15) is 0 Å². The maximum atomic E-state index is 5.76. The van der Waals surface area contributed by atoms with Crippen molar-refractivity contribution in [2.45, 2.75) is 31.8 Å². The summed E-state index contributed by atoms with van der Waals surface area (Å²) < 4.78 is 10.8. The lowest BCUT2D eigenvalue weighted by atomic mass is 10.3. The Bertz CT molecular complexity index is 273. The SMILES string of the molecule is COc1c[c]c(OC2CCCC2)cc1. The van der Waals surface area contributed by atoms with E-state index in [9.17, 15) is 0 Å². The highest BCUT2D eigenvalue weighted by atomic mass is 16.5. The Hall–Kier alpha value is -1.18. The minimum Gasteiger partial charge on any atom is -0.497 e. The Kier molecular flexibility index (Phi) is 2.92. The van der Waals surface area contributed by atoms with Gasteiger partial charge in [-0.05, 0) is 43.9 Å². The van der Waals surface area contributed by atoms with Gasteiger partial charge in [0.25, 0.3) is 0 Å². The van der Waals surface area contributed by atoms with Gasteiger partial charge in [-0.1, -0.05) is 0 Å². The first-order valence-corrected chi connectivity index (χ1v) is 5.11. The van der Waals surface area contributed by atoms with Crippen LogP contribution in [0.4, 0.5) is 0 Å². The molecule has 0 heterocycles.